The highest BCUT2D eigenvalue weighted by molar-refractivity contribution is 7.47. The molecule has 336 valence electrons. The number of aliphatic hydroxyl groups excluding tert-OH is 5. The highest BCUT2D eigenvalue weighted by Crippen LogP contribution is 2.52. The molecule has 0 radical (unpaired) electrons. The van der Waals surface area contributed by atoms with Crippen LogP contribution in [0.25, 0.3) is 22.3 Å². The Hall–Kier alpha value is -4.92. The zero-order valence-corrected chi connectivity index (χ0v) is 33.0. The minimum Gasteiger partial charge on any atom is -0.394 e. The van der Waals surface area contributed by atoms with Gasteiger partial charge >= 0.3 is 21.3 Å². The van der Waals surface area contributed by atoms with E-state index in [-0.39, 0.29) is 39.9 Å². The molecule has 8 heterocycles. The van der Waals surface area contributed by atoms with Crippen LogP contribution in [0.15, 0.2) is 40.8 Å². The predicted molar refractivity (Wildman–Crippen MR) is 199 cm³/mol. The molecule has 0 amide bonds. The van der Waals surface area contributed by atoms with Crippen molar-refractivity contribution in [2.24, 2.45) is 0 Å². The van der Waals surface area contributed by atoms with Gasteiger partial charge in [0.05, 0.1) is 32.5 Å². The molecular formula is C29H37N13O18P2. The summed E-state index contributed by atoms with van der Waals surface area (Å²) < 4.78 is 67.8. The Kier molecular flexibility index (Phi) is 11.7. The number of fused-ring (bicyclic) bond motifs is 2. The third kappa shape index (κ3) is 8.21. The molecule has 14 N–H and O–H groups in total. The van der Waals surface area contributed by atoms with Gasteiger partial charge in [-0.3, -0.25) is 41.6 Å². The molecule has 3 saturated heterocycles. The van der Waals surface area contributed by atoms with Crippen molar-refractivity contribution in [2.75, 3.05) is 37.0 Å². The van der Waals surface area contributed by atoms with Gasteiger partial charge in [-0.25, -0.2) is 33.9 Å². The molecule has 5 aromatic heterocycles. The number of imidazole rings is 2. The number of anilines is 3. The van der Waals surface area contributed by atoms with Gasteiger partial charge in [0.25, 0.3) is 5.56 Å². The van der Waals surface area contributed by atoms with Crippen molar-refractivity contribution in [2.45, 2.75) is 73.6 Å². The number of nitrogens with zero attached hydrogens (tertiary/aromatic N) is 9. The zero-order chi connectivity index (χ0) is 44.4. The largest absolute Gasteiger partial charge is 0.472 e. The number of hydrogen-bond acceptors (Lipinski definition) is 25. The van der Waals surface area contributed by atoms with E-state index in [0.717, 1.165) is 28.0 Å². The highest BCUT2D eigenvalue weighted by atomic mass is 31.2. The molecule has 0 spiro atoms. The third-order valence-corrected chi connectivity index (χ3v) is 11.9. The first-order valence-corrected chi connectivity index (χ1v) is 21.0. The standard InChI is InChI=1S/C29H37N13O18P2/c30-12-1-2-40(29(49)37-12)25-16(45)15(44)10(57-25)4-54-61(50,51)60-20-11(58-27(18(20)47)42-8-36-14-23(42)38-28(32)39-24(14)48)5-55-62(52,53)59-19-9(3-43)56-26(17(19)46)41-7-35-13-21(31)33-6-34-22(13)41/h1-2,6-11,15-20,25-27,43-47H,3-5H2,(H,50,51)(H,52,53)(H2,30,37,49)(H2,31,33,34)(H3,32,38,39,48)/t9-,10-,11-,15-,16-,17-,18-,19-,20-,25-,26-,27-/m0/s1. The fourth-order valence-corrected chi connectivity index (χ4v) is 8.97. The molecular weight excluding hydrogens is 880 g/mol. The van der Waals surface area contributed by atoms with Crippen molar-refractivity contribution >= 4 is 55.6 Å². The number of nitrogens with two attached hydrogens (primary N) is 3. The van der Waals surface area contributed by atoms with Gasteiger partial charge in [0.15, 0.2) is 41.3 Å². The Morgan fingerprint density at radius 1 is 0.710 bits per heavy atom. The lowest BCUT2D eigenvalue weighted by Crippen LogP contribution is -2.38. The molecule has 8 rings (SSSR count). The van der Waals surface area contributed by atoms with E-state index >= 15 is 0 Å². The van der Waals surface area contributed by atoms with E-state index in [1.165, 1.54) is 17.0 Å². The summed E-state index contributed by atoms with van der Waals surface area (Å²) in [4.78, 5) is 72.2. The van der Waals surface area contributed by atoms with E-state index in [1.807, 2.05) is 0 Å². The summed E-state index contributed by atoms with van der Waals surface area (Å²) >= 11 is 0. The Balaban J connectivity index is 0.994. The molecule has 33 heteroatoms. The molecule has 0 bridgehead atoms. The molecule has 3 fully saturated rings. The van der Waals surface area contributed by atoms with Crippen LogP contribution in [-0.4, -0.2) is 159 Å². The van der Waals surface area contributed by atoms with E-state index in [2.05, 4.69) is 34.9 Å². The maximum Gasteiger partial charge on any atom is 0.472 e. The van der Waals surface area contributed by atoms with E-state index in [1.54, 1.807) is 0 Å². The summed E-state index contributed by atoms with van der Waals surface area (Å²) in [5, 5.41) is 53.9. The molecule has 62 heavy (non-hydrogen) atoms. The first kappa shape index (κ1) is 43.7. The molecule has 0 aromatic carbocycles. The average molecular weight is 918 g/mol. The minimum atomic E-state index is -5.40. The van der Waals surface area contributed by atoms with Gasteiger partial charge in [0, 0.05) is 6.20 Å². The van der Waals surface area contributed by atoms with Gasteiger partial charge in [-0.05, 0) is 6.07 Å². The van der Waals surface area contributed by atoms with Crippen LogP contribution < -0.4 is 28.5 Å². The molecule has 3 aliphatic rings. The molecule has 0 saturated carbocycles. The van der Waals surface area contributed by atoms with Crippen LogP contribution in [0.4, 0.5) is 17.6 Å². The van der Waals surface area contributed by atoms with Crippen molar-refractivity contribution in [1.82, 2.24) is 48.6 Å². The number of nitrogens with one attached hydrogen (secondary N) is 1. The van der Waals surface area contributed by atoms with Crippen molar-refractivity contribution in [3.8, 4) is 0 Å². The number of nitrogen functional groups attached to an aromatic ring is 3. The second-order valence-corrected chi connectivity index (χ2v) is 16.7. The summed E-state index contributed by atoms with van der Waals surface area (Å²) in [7, 11) is -10.7. The molecule has 2 unspecified atom stereocenters. The third-order valence-electron chi connectivity index (χ3n) is 9.96. The van der Waals surface area contributed by atoms with E-state index in [0.29, 0.717) is 0 Å². The Morgan fingerprint density at radius 2 is 1.27 bits per heavy atom. The number of rotatable bonds is 14. The summed E-state index contributed by atoms with van der Waals surface area (Å²) in [6, 6.07) is 1.22. The zero-order valence-electron chi connectivity index (χ0n) is 31.2. The van der Waals surface area contributed by atoms with Gasteiger partial charge in [-0.15, -0.1) is 0 Å². The van der Waals surface area contributed by atoms with Crippen molar-refractivity contribution in [3.63, 3.8) is 0 Å². The summed E-state index contributed by atoms with van der Waals surface area (Å²) in [5.74, 6) is -0.496. The SMILES string of the molecule is Nc1ccn([C@H]2O[C@@H](COP(=O)(O)O[C@@H]3[C@H](O)[C@@H](n4cnc5c(=O)[nH]c(N)nc54)O[C@H]3COP(=O)(O)O[C@@H]3[C@H](O)[C@@H](n4cnc5c(N)ncnc54)O[C@H]3CO)[C@H](O)[C@@H]2O)c(=O)n1. The first-order chi connectivity index (χ1) is 29.4. The number of H-pyrrole nitrogens is 1. The number of hydrogen-bond donors (Lipinski definition) is 11. The Morgan fingerprint density at radius 3 is 1.92 bits per heavy atom. The summed E-state index contributed by atoms with van der Waals surface area (Å²) in [6.45, 7) is -2.86. The molecule has 14 atom stereocenters. The predicted octanol–water partition coefficient (Wildman–Crippen LogP) is -4.90. The Labute approximate surface area is 343 Å². The molecule has 31 nitrogen and oxygen atoms in total. The van der Waals surface area contributed by atoms with E-state index in [4.69, 9.17) is 49.5 Å². The van der Waals surface area contributed by atoms with Crippen LogP contribution in [0.3, 0.4) is 0 Å². The topological polar surface area (TPSA) is 460 Å². The van der Waals surface area contributed by atoms with Gasteiger partial charge in [0.2, 0.25) is 5.95 Å². The first-order valence-electron chi connectivity index (χ1n) is 18.0. The van der Waals surface area contributed by atoms with E-state index in [9.17, 15) is 54.0 Å². The van der Waals surface area contributed by atoms with Crippen molar-refractivity contribution in [3.05, 3.63) is 52.1 Å². The van der Waals surface area contributed by atoms with Crippen LogP contribution in [0, 0.1) is 0 Å². The second-order valence-electron chi connectivity index (χ2n) is 13.9. The van der Waals surface area contributed by atoms with Gasteiger partial charge < -0.3 is 66.7 Å². The number of aromatic nitrogens is 10. The maximum atomic E-state index is 13.4. The quantitative estimate of drug-likeness (QED) is 0.0465. The molecule has 0 aliphatic carbocycles. The van der Waals surface area contributed by atoms with Crippen LogP contribution in [0.2, 0.25) is 0 Å². The van der Waals surface area contributed by atoms with Crippen LogP contribution in [-0.2, 0) is 41.4 Å². The fraction of sp³-hybridized carbons (Fsp3) is 0.517. The van der Waals surface area contributed by atoms with Crippen LogP contribution in [0.5, 0.6) is 0 Å². The van der Waals surface area contributed by atoms with Gasteiger partial charge in [-0.1, -0.05) is 0 Å². The van der Waals surface area contributed by atoms with Crippen molar-refractivity contribution in [1.29, 1.82) is 0 Å². The number of phosphoric acid groups is 2. The monoisotopic (exact) mass is 917 g/mol. The average Bonchev–Trinajstić information content (AvgIpc) is 4.02. The summed E-state index contributed by atoms with van der Waals surface area (Å²) in [5.41, 5.74) is 15.1. The minimum absolute atomic E-state index is 0.00574. The van der Waals surface area contributed by atoms with Crippen LogP contribution >= 0.6 is 15.6 Å². The smallest absolute Gasteiger partial charge is 0.394 e. The molecule has 3 aliphatic heterocycles. The fourth-order valence-electron chi connectivity index (χ4n) is 7.05. The highest BCUT2D eigenvalue weighted by Gasteiger charge is 2.53. The Bertz CT molecular complexity index is 2680. The number of phosphoric ester groups is 2. The van der Waals surface area contributed by atoms with E-state index < -0.39 is 120 Å². The van der Waals surface area contributed by atoms with Crippen LogP contribution in [0.1, 0.15) is 18.7 Å². The number of ether oxygens (including phenoxy) is 3. The molecule has 5 aromatic rings. The summed E-state index contributed by atoms with van der Waals surface area (Å²) in [6.07, 6.45) is -16.0. The lowest BCUT2D eigenvalue weighted by molar-refractivity contribution is -0.0631. The lowest BCUT2D eigenvalue weighted by atomic mass is 10.1. The van der Waals surface area contributed by atoms with Gasteiger partial charge in [0.1, 0.15) is 72.6 Å². The number of aromatic amines is 1. The maximum absolute atomic E-state index is 13.4. The number of aliphatic hydroxyl groups is 5. The van der Waals surface area contributed by atoms with Gasteiger partial charge in [-0.2, -0.15) is 9.97 Å². The second kappa shape index (κ2) is 16.7. The normalized spacial score (nSPS) is 32.1. The lowest BCUT2D eigenvalue weighted by Gasteiger charge is -2.25. The van der Waals surface area contributed by atoms with Crippen molar-refractivity contribution < 1.29 is 76.8 Å².